The number of amides is 2. The molecule has 0 spiro atoms. The van der Waals surface area contributed by atoms with Gasteiger partial charge in [-0.25, -0.2) is 8.42 Å². The third-order valence-corrected chi connectivity index (χ3v) is 10.9. The number of para-hydroxylation sites is 1. The number of benzene rings is 4. The molecule has 4 aromatic rings. The lowest BCUT2D eigenvalue weighted by Gasteiger charge is -2.35. The van der Waals surface area contributed by atoms with E-state index >= 15 is 0 Å². The Bertz CT molecular complexity index is 1770. The molecule has 0 aromatic heterocycles. The van der Waals surface area contributed by atoms with Crippen LogP contribution in [-0.4, -0.2) is 43.8 Å². The smallest absolute Gasteiger partial charge is 0.264 e. The summed E-state index contributed by atoms with van der Waals surface area (Å²) >= 11 is 0. The van der Waals surface area contributed by atoms with Gasteiger partial charge in [0.1, 0.15) is 12.6 Å². The Morgan fingerprint density at radius 2 is 1.38 bits per heavy atom. The lowest BCUT2D eigenvalue weighted by Crippen LogP contribution is -2.55. The van der Waals surface area contributed by atoms with E-state index in [0.717, 1.165) is 59.9 Å². The molecule has 7 nitrogen and oxygen atoms in total. The van der Waals surface area contributed by atoms with Crippen molar-refractivity contribution < 1.29 is 18.0 Å². The second-order valence-electron chi connectivity index (χ2n) is 12.6. The maximum atomic E-state index is 14.8. The number of carbonyl (C=O) groups is 2. The van der Waals surface area contributed by atoms with E-state index in [1.807, 2.05) is 87.5 Å². The topological polar surface area (TPSA) is 86.8 Å². The summed E-state index contributed by atoms with van der Waals surface area (Å²) in [6.07, 6.45) is 5.38. The Morgan fingerprint density at radius 3 is 2.04 bits per heavy atom. The molecule has 0 bridgehead atoms. The van der Waals surface area contributed by atoms with Crippen LogP contribution in [0.2, 0.25) is 0 Å². The van der Waals surface area contributed by atoms with Crippen molar-refractivity contribution in [2.75, 3.05) is 10.8 Å². The van der Waals surface area contributed by atoms with Gasteiger partial charge in [0.05, 0.1) is 10.6 Å². The Morgan fingerprint density at radius 1 is 0.766 bits per heavy atom. The number of nitrogens with zero attached hydrogens (tertiary/aromatic N) is 2. The molecule has 5 rings (SSSR count). The van der Waals surface area contributed by atoms with Crippen LogP contribution in [0.3, 0.4) is 0 Å². The highest BCUT2D eigenvalue weighted by atomic mass is 32.2. The molecule has 0 aliphatic heterocycles. The van der Waals surface area contributed by atoms with Crippen molar-refractivity contribution in [1.29, 1.82) is 0 Å². The SMILES string of the molecule is Cc1ccc(S(=O)(=O)N(CC(=O)N(Cc2ccccc2C)C(Cc2ccccc2)C(=O)NC2CCCCC2)c2ccccc2C)cc1. The molecule has 0 radical (unpaired) electrons. The van der Waals surface area contributed by atoms with Crippen molar-refractivity contribution in [3.63, 3.8) is 0 Å². The van der Waals surface area contributed by atoms with Gasteiger partial charge in [0.15, 0.2) is 0 Å². The number of aryl methyl sites for hydroxylation is 3. The first kappa shape index (κ1) is 33.9. The zero-order valence-electron chi connectivity index (χ0n) is 27.6. The van der Waals surface area contributed by atoms with Crippen LogP contribution in [0, 0.1) is 20.8 Å². The molecule has 1 aliphatic rings. The van der Waals surface area contributed by atoms with Crippen molar-refractivity contribution in [2.45, 2.75) is 82.8 Å². The first-order valence-electron chi connectivity index (χ1n) is 16.5. The number of sulfonamides is 1. The average Bonchev–Trinajstić information content (AvgIpc) is 3.07. The van der Waals surface area contributed by atoms with E-state index in [9.17, 15) is 18.0 Å². The summed E-state index contributed by atoms with van der Waals surface area (Å²) in [4.78, 5) is 30.7. The van der Waals surface area contributed by atoms with Gasteiger partial charge in [-0.3, -0.25) is 13.9 Å². The van der Waals surface area contributed by atoms with Gasteiger partial charge in [-0.15, -0.1) is 0 Å². The van der Waals surface area contributed by atoms with Crippen LogP contribution >= 0.6 is 0 Å². The summed E-state index contributed by atoms with van der Waals surface area (Å²) in [5.74, 6) is -0.668. The number of hydrogen-bond acceptors (Lipinski definition) is 4. The fourth-order valence-electron chi connectivity index (χ4n) is 6.26. The molecule has 1 saturated carbocycles. The predicted molar refractivity (Wildman–Crippen MR) is 188 cm³/mol. The van der Waals surface area contributed by atoms with Gasteiger partial charge < -0.3 is 10.2 Å². The number of rotatable bonds is 12. The Labute approximate surface area is 279 Å². The van der Waals surface area contributed by atoms with E-state index in [-0.39, 0.29) is 23.4 Å². The second kappa shape index (κ2) is 15.4. The predicted octanol–water partition coefficient (Wildman–Crippen LogP) is 6.90. The maximum Gasteiger partial charge on any atom is 0.264 e. The molecule has 1 aliphatic carbocycles. The fourth-order valence-corrected chi connectivity index (χ4v) is 7.74. The molecule has 0 heterocycles. The van der Waals surface area contributed by atoms with Gasteiger partial charge in [0.25, 0.3) is 10.0 Å². The van der Waals surface area contributed by atoms with E-state index in [0.29, 0.717) is 12.1 Å². The van der Waals surface area contributed by atoms with Crippen LogP contribution in [0.25, 0.3) is 0 Å². The van der Waals surface area contributed by atoms with Crippen molar-refractivity contribution in [3.05, 3.63) is 131 Å². The molecule has 246 valence electrons. The molecule has 0 saturated heterocycles. The van der Waals surface area contributed by atoms with Crippen LogP contribution in [0.4, 0.5) is 5.69 Å². The Hall–Kier alpha value is -4.43. The van der Waals surface area contributed by atoms with Crippen molar-refractivity contribution in [1.82, 2.24) is 10.2 Å². The largest absolute Gasteiger partial charge is 0.352 e. The molecule has 8 heteroatoms. The number of anilines is 1. The molecule has 1 fully saturated rings. The molecular weight excluding hydrogens is 607 g/mol. The summed E-state index contributed by atoms with van der Waals surface area (Å²) in [6.45, 7) is 5.40. The quantitative estimate of drug-likeness (QED) is 0.181. The van der Waals surface area contributed by atoms with Gasteiger partial charge >= 0.3 is 0 Å². The van der Waals surface area contributed by atoms with E-state index in [2.05, 4.69) is 5.32 Å². The summed E-state index contributed by atoms with van der Waals surface area (Å²) < 4.78 is 29.8. The minimum absolute atomic E-state index is 0.0512. The molecule has 1 atom stereocenters. The summed E-state index contributed by atoms with van der Waals surface area (Å²) in [5.41, 5.74) is 4.87. The third-order valence-electron chi connectivity index (χ3n) is 9.10. The monoisotopic (exact) mass is 651 g/mol. The summed E-state index contributed by atoms with van der Waals surface area (Å²) in [5, 5.41) is 3.27. The highest BCUT2D eigenvalue weighted by molar-refractivity contribution is 7.92. The fraction of sp³-hybridized carbons (Fsp3) is 0.333. The highest BCUT2D eigenvalue weighted by Crippen LogP contribution is 2.28. The molecule has 1 unspecified atom stereocenters. The van der Waals surface area contributed by atoms with Crippen LogP contribution in [0.1, 0.15) is 59.9 Å². The van der Waals surface area contributed by atoms with Crippen LogP contribution in [0.15, 0.2) is 108 Å². The van der Waals surface area contributed by atoms with Gasteiger partial charge in [0, 0.05) is 19.0 Å². The van der Waals surface area contributed by atoms with Crippen LogP contribution in [-0.2, 0) is 32.6 Å². The highest BCUT2D eigenvalue weighted by Gasteiger charge is 2.36. The van der Waals surface area contributed by atoms with Crippen LogP contribution in [0.5, 0.6) is 0 Å². The summed E-state index contributed by atoms with van der Waals surface area (Å²) in [6, 6.07) is 30.5. The first-order valence-corrected chi connectivity index (χ1v) is 17.9. The third kappa shape index (κ3) is 8.49. The number of hydrogen-bond donors (Lipinski definition) is 1. The average molecular weight is 652 g/mol. The van der Waals surface area contributed by atoms with Gasteiger partial charge in [-0.1, -0.05) is 110 Å². The second-order valence-corrected chi connectivity index (χ2v) is 14.5. The normalized spacial score (nSPS) is 14.3. The van der Waals surface area contributed by atoms with Gasteiger partial charge in [-0.2, -0.15) is 0 Å². The minimum atomic E-state index is -4.15. The lowest BCUT2D eigenvalue weighted by atomic mass is 9.94. The van der Waals surface area contributed by atoms with Crippen molar-refractivity contribution in [2.24, 2.45) is 0 Å². The molecule has 1 N–H and O–H groups in total. The van der Waals surface area contributed by atoms with Gasteiger partial charge in [0.2, 0.25) is 11.8 Å². The molecule has 47 heavy (non-hydrogen) atoms. The first-order chi connectivity index (χ1) is 22.6. The van der Waals surface area contributed by atoms with E-state index in [1.54, 1.807) is 41.3 Å². The number of carbonyl (C=O) groups excluding carboxylic acids is 2. The van der Waals surface area contributed by atoms with Crippen molar-refractivity contribution >= 4 is 27.5 Å². The van der Waals surface area contributed by atoms with E-state index in [4.69, 9.17) is 0 Å². The molecular formula is C39H45N3O4S. The van der Waals surface area contributed by atoms with Gasteiger partial charge in [-0.05, 0) is 74.1 Å². The Kier molecular flexibility index (Phi) is 11.1. The minimum Gasteiger partial charge on any atom is -0.352 e. The van der Waals surface area contributed by atoms with Crippen molar-refractivity contribution in [3.8, 4) is 0 Å². The van der Waals surface area contributed by atoms with E-state index in [1.165, 1.54) is 4.31 Å². The maximum absolute atomic E-state index is 14.8. The molecule has 4 aromatic carbocycles. The Balaban J connectivity index is 1.58. The lowest BCUT2D eigenvalue weighted by molar-refractivity contribution is -0.140. The number of nitrogens with one attached hydrogen (secondary N) is 1. The van der Waals surface area contributed by atoms with Crippen LogP contribution < -0.4 is 9.62 Å². The standard InChI is InChI=1S/C39H45N3O4S/c1-29-22-24-35(25-23-29)47(45,46)42(36-21-13-11-15-31(36)3)28-38(43)41(27-33-18-12-10-14-30(33)2)37(26-32-16-6-4-7-17-32)39(44)40-34-19-8-5-9-20-34/h4,6-7,10-18,21-25,34,37H,5,8-9,19-20,26-28H2,1-3H3,(H,40,44). The zero-order valence-corrected chi connectivity index (χ0v) is 28.4. The summed E-state index contributed by atoms with van der Waals surface area (Å²) in [7, 11) is -4.15. The van der Waals surface area contributed by atoms with E-state index < -0.39 is 28.5 Å². The zero-order chi connectivity index (χ0) is 33.4. The molecule has 2 amide bonds.